The monoisotopic (exact) mass is 386 g/mol. The number of carbonyl (C=O) groups excluding carboxylic acids is 3. The third-order valence-corrected chi connectivity index (χ3v) is 5.40. The van der Waals surface area contributed by atoms with E-state index in [1.54, 1.807) is 23.8 Å². The molecule has 3 rings (SSSR count). The lowest BCUT2D eigenvalue weighted by Gasteiger charge is -2.26. The summed E-state index contributed by atoms with van der Waals surface area (Å²) in [6.45, 7) is 0. The molecule has 0 bridgehead atoms. The zero-order valence-electron chi connectivity index (χ0n) is 15.7. The van der Waals surface area contributed by atoms with Crippen LogP contribution in [0.5, 0.6) is 0 Å². The van der Waals surface area contributed by atoms with Gasteiger partial charge in [0.1, 0.15) is 6.04 Å². The van der Waals surface area contributed by atoms with E-state index < -0.39 is 17.9 Å². The minimum atomic E-state index is -0.740. The molecule has 0 radical (unpaired) electrons. The molecule has 1 aromatic carbocycles. The molecule has 2 aliphatic rings. The normalized spacial score (nSPS) is 20.2. The van der Waals surface area contributed by atoms with Gasteiger partial charge in [-0.25, -0.2) is 10.5 Å². The van der Waals surface area contributed by atoms with Crippen LogP contribution in [0, 0.1) is 11.8 Å². The molecule has 3 N–H and O–H groups in total. The van der Waals surface area contributed by atoms with E-state index >= 15 is 0 Å². The fourth-order valence-electron chi connectivity index (χ4n) is 3.97. The van der Waals surface area contributed by atoms with Crippen LogP contribution in [-0.4, -0.2) is 40.2 Å². The molecule has 0 saturated heterocycles. The average molecular weight is 386 g/mol. The van der Waals surface area contributed by atoms with E-state index in [0.29, 0.717) is 24.4 Å². The first-order chi connectivity index (χ1) is 13.6. The summed E-state index contributed by atoms with van der Waals surface area (Å²) in [6, 6.07) is 8.28. The fourth-order valence-corrected chi connectivity index (χ4v) is 3.97. The number of carbonyl (C=O) groups is 3. The summed E-state index contributed by atoms with van der Waals surface area (Å²) in [4.78, 5) is 37.5. The Morgan fingerprint density at radius 2 is 1.89 bits per heavy atom. The number of para-hydroxylation sites is 1. The zero-order chi connectivity index (χ0) is 19.9. The Morgan fingerprint density at radius 3 is 2.57 bits per heavy atom. The van der Waals surface area contributed by atoms with Crippen molar-refractivity contribution >= 4 is 29.6 Å². The van der Waals surface area contributed by atoms with Gasteiger partial charge in [0, 0.05) is 30.7 Å². The van der Waals surface area contributed by atoms with Crippen molar-refractivity contribution in [1.29, 1.82) is 0 Å². The number of hydrogen-bond acceptors (Lipinski definition) is 5. The van der Waals surface area contributed by atoms with E-state index in [-0.39, 0.29) is 18.2 Å². The van der Waals surface area contributed by atoms with Crippen LogP contribution in [0.4, 0.5) is 5.69 Å². The van der Waals surface area contributed by atoms with Crippen molar-refractivity contribution < 1.29 is 19.6 Å². The highest BCUT2D eigenvalue weighted by Gasteiger charge is 2.38. The van der Waals surface area contributed by atoms with Gasteiger partial charge >= 0.3 is 0 Å². The van der Waals surface area contributed by atoms with Gasteiger partial charge in [-0.3, -0.25) is 19.6 Å². The van der Waals surface area contributed by atoms with Crippen LogP contribution in [-0.2, 0) is 14.4 Å². The highest BCUT2D eigenvalue weighted by atomic mass is 16.5. The smallest absolute Gasteiger partial charge is 0.249 e. The maximum absolute atomic E-state index is 13.1. The lowest BCUT2D eigenvalue weighted by molar-refractivity contribution is -0.144. The second kappa shape index (κ2) is 9.45. The number of rotatable bonds is 7. The molecule has 0 spiro atoms. The summed E-state index contributed by atoms with van der Waals surface area (Å²) in [5.41, 5.74) is 2.25. The topological polar surface area (TPSA) is 111 Å². The highest BCUT2D eigenvalue weighted by molar-refractivity contribution is 6.00. The van der Waals surface area contributed by atoms with Gasteiger partial charge in [0.25, 0.3) is 0 Å². The lowest BCUT2D eigenvalue weighted by Crippen LogP contribution is -2.45. The zero-order valence-corrected chi connectivity index (χ0v) is 15.7. The van der Waals surface area contributed by atoms with Gasteiger partial charge in [-0.1, -0.05) is 43.9 Å². The Morgan fingerprint density at radius 1 is 1.18 bits per heavy atom. The first kappa shape index (κ1) is 20.0. The summed E-state index contributed by atoms with van der Waals surface area (Å²) in [5, 5.41) is 17.0. The van der Waals surface area contributed by atoms with Gasteiger partial charge in [-0.05, 0) is 24.5 Å². The second-order valence-electron chi connectivity index (χ2n) is 7.41. The van der Waals surface area contributed by atoms with Crippen LogP contribution in [0.25, 0.3) is 0 Å². The van der Waals surface area contributed by atoms with Gasteiger partial charge in [0.15, 0.2) is 0 Å². The van der Waals surface area contributed by atoms with Crippen molar-refractivity contribution in [2.75, 3.05) is 5.32 Å². The van der Waals surface area contributed by atoms with Gasteiger partial charge in [-0.15, -0.1) is 0 Å². The minimum Gasteiger partial charge on any atom is -0.324 e. The SMILES string of the molecule is O=C(C[C@@H](CC1CCCC1)C(=O)N1N=CC[C@H]1C(=O)Nc1ccccc1)NO. The first-order valence-corrected chi connectivity index (χ1v) is 9.73. The van der Waals surface area contributed by atoms with E-state index in [9.17, 15) is 14.4 Å². The van der Waals surface area contributed by atoms with Crippen molar-refractivity contribution in [1.82, 2.24) is 10.5 Å². The maximum atomic E-state index is 13.1. The standard InChI is InChI=1S/C20H26N4O4/c25-18(23-28)13-15(12-14-6-4-5-7-14)20(27)24-17(10-11-21-24)19(26)22-16-8-2-1-3-9-16/h1-3,8-9,11,14-15,17,28H,4-7,10,12-13H2,(H,22,26)(H,23,25)/t15-,17+/m1/s1. The molecule has 0 unspecified atom stereocenters. The third kappa shape index (κ3) is 4.95. The first-order valence-electron chi connectivity index (χ1n) is 9.73. The molecular weight excluding hydrogens is 360 g/mol. The molecule has 28 heavy (non-hydrogen) atoms. The Balaban J connectivity index is 1.69. The number of hydrazone groups is 1. The second-order valence-corrected chi connectivity index (χ2v) is 7.41. The molecule has 1 saturated carbocycles. The van der Waals surface area contributed by atoms with E-state index in [0.717, 1.165) is 25.7 Å². The van der Waals surface area contributed by atoms with Gasteiger partial charge in [-0.2, -0.15) is 5.10 Å². The van der Waals surface area contributed by atoms with Crippen molar-refractivity contribution in [3.05, 3.63) is 30.3 Å². The van der Waals surface area contributed by atoms with E-state index in [1.165, 1.54) is 5.01 Å². The quantitative estimate of drug-likeness (QED) is 0.493. The van der Waals surface area contributed by atoms with Crippen LogP contribution in [0.2, 0.25) is 0 Å². The minimum absolute atomic E-state index is 0.120. The summed E-state index contributed by atoms with van der Waals surface area (Å²) in [7, 11) is 0. The number of hydrogen-bond donors (Lipinski definition) is 3. The number of amides is 3. The predicted molar refractivity (Wildman–Crippen MR) is 103 cm³/mol. The molecule has 8 heteroatoms. The predicted octanol–water partition coefficient (Wildman–Crippen LogP) is 2.30. The molecule has 1 aromatic rings. The molecule has 150 valence electrons. The highest BCUT2D eigenvalue weighted by Crippen LogP contribution is 2.33. The molecule has 8 nitrogen and oxygen atoms in total. The van der Waals surface area contributed by atoms with Crippen molar-refractivity contribution in [3.8, 4) is 0 Å². The van der Waals surface area contributed by atoms with E-state index in [1.807, 2.05) is 18.2 Å². The van der Waals surface area contributed by atoms with Crippen LogP contribution >= 0.6 is 0 Å². The molecule has 2 atom stereocenters. The molecule has 0 aromatic heterocycles. The average Bonchev–Trinajstić information content (AvgIpc) is 3.39. The van der Waals surface area contributed by atoms with Crippen LogP contribution in [0.1, 0.15) is 44.9 Å². The van der Waals surface area contributed by atoms with Crippen molar-refractivity contribution in [3.63, 3.8) is 0 Å². The molecule has 1 fully saturated rings. The van der Waals surface area contributed by atoms with E-state index in [2.05, 4.69) is 10.4 Å². The fraction of sp³-hybridized carbons (Fsp3) is 0.500. The Hall–Kier alpha value is -2.74. The third-order valence-electron chi connectivity index (χ3n) is 5.40. The molecular formula is C20H26N4O4. The summed E-state index contributed by atoms with van der Waals surface area (Å²) in [6.07, 6.45) is 6.63. The number of nitrogens with zero attached hydrogens (tertiary/aromatic N) is 2. The Bertz CT molecular complexity index is 731. The summed E-state index contributed by atoms with van der Waals surface area (Å²) >= 11 is 0. The van der Waals surface area contributed by atoms with Crippen molar-refractivity contribution in [2.24, 2.45) is 16.9 Å². The number of benzene rings is 1. The molecule has 3 amide bonds. The van der Waals surface area contributed by atoms with Crippen LogP contribution in [0.3, 0.4) is 0 Å². The molecule has 1 aliphatic carbocycles. The number of anilines is 1. The largest absolute Gasteiger partial charge is 0.324 e. The summed E-state index contributed by atoms with van der Waals surface area (Å²) in [5.74, 6) is -1.51. The molecule has 1 aliphatic heterocycles. The Kier molecular flexibility index (Phi) is 6.76. The van der Waals surface area contributed by atoms with Gasteiger partial charge in [0.2, 0.25) is 17.7 Å². The van der Waals surface area contributed by atoms with Gasteiger partial charge < -0.3 is 5.32 Å². The summed E-state index contributed by atoms with van der Waals surface area (Å²) < 4.78 is 0. The van der Waals surface area contributed by atoms with Gasteiger partial charge in [0.05, 0.1) is 0 Å². The molecule has 1 heterocycles. The number of hydroxylamine groups is 1. The van der Waals surface area contributed by atoms with Crippen LogP contribution in [0.15, 0.2) is 35.4 Å². The Labute approximate surface area is 163 Å². The number of nitrogens with one attached hydrogen (secondary N) is 2. The lowest BCUT2D eigenvalue weighted by atomic mass is 9.89. The van der Waals surface area contributed by atoms with Crippen molar-refractivity contribution in [2.45, 2.75) is 51.0 Å². The maximum Gasteiger partial charge on any atom is 0.249 e. The van der Waals surface area contributed by atoms with Crippen LogP contribution < -0.4 is 10.8 Å². The van der Waals surface area contributed by atoms with E-state index in [4.69, 9.17) is 5.21 Å².